The Labute approximate surface area is 637 Å². The summed E-state index contributed by atoms with van der Waals surface area (Å²) in [6.07, 6.45) is 0. The highest BCUT2D eigenvalue weighted by atomic mass is 15.2. The molecule has 18 aromatic rings. The Morgan fingerprint density at radius 3 is 1.32 bits per heavy atom. The van der Waals surface area contributed by atoms with Gasteiger partial charge in [0.05, 0.1) is 49.9 Å². The standard InChI is InChI=1S/C102H81BN4/c1-100(2,3)70-56-69(57-71(59-70)101(4,5)6)68-50-54-86-91(58-68)107(98-84(66-32-15-11-16-33-66)60-72(102(7,8)9)61-85(98)67-34-17-12-18-35-67)99-95-83-44-29-43-82-78-39-22-20-37-76(78)75-36-19-21-38-77(75)79-40-23-28-47-90(79)106(97(82)83)93(95)63-94-96(99)103(86)87-55-53-74(105-88-45-26-24-41-80(88)81-42-25-27-46-89(81)105)62-92(87)104(94)73-51-48-65(49-52-73)64-30-13-10-14-31-64/h10-63H,1-9H3/i24D,25D,26D,27D,41D,42D,45D,46D. The predicted molar refractivity (Wildman–Crippen MR) is 460 cm³/mol. The molecule has 5 heteroatoms. The van der Waals surface area contributed by atoms with Gasteiger partial charge in [0, 0.05) is 71.9 Å². The van der Waals surface area contributed by atoms with Crippen LogP contribution < -0.4 is 26.2 Å². The van der Waals surface area contributed by atoms with Crippen molar-refractivity contribution in [3.05, 3.63) is 344 Å². The Kier molecular flexibility index (Phi) is 12.6. The molecule has 0 unspecified atom stereocenters. The molecule has 0 bridgehead atoms. The minimum atomic E-state index is -0.535. The fourth-order valence-corrected chi connectivity index (χ4v) is 17.4. The van der Waals surface area contributed by atoms with Gasteiger partial charge in [-0.25, -0.2) is 0 Å². The van der Waals surface area contributed by atoms with Crippen molar-refractivity contribution in [2.24, 2.45) is 0 Å². The van der Waals surface area contributed by atoms with Gasteiger partial charge in [0.15, 0.2) is 0 Å². The fraction of sp³-hybridized carbons (Fsp3) is 0.118. The summed E-state index contributed by atoms with van der Waals surface area (Å²) in [6, 6.07) is 99.0. The van der Waals surface area contributed by atoms with Crippen LogP contribution >= 0.6 is 0 Å². The average Bonchev–Trinajstić information content (AvgIpc) is 1.58. The second kappa shape index (κ2) is 24.1. The number of anilines is 6. The van der Waals surface area contributed by atoms with Gasteiger partial charge in [-0.3, -0.25) is 0 Å². The van der Waals surface area contributed by atoms with Crippen LogP contribution in [0, 0.1) is 0 Å². The van der Waals surface area contributed by atoms with Crippen molar-refractivity contribution in [2.45, 2.75) is 78.6 Å². The maximum Gasteiger partial charge on any atom is 0.252 e. The quantitative estimate of drug-likeness (QED) is 0.148. The molecular formula is C102H81BN4. The molecular weight excluding hydrogens is 1290 g/mol. The fourth-order valence-electron chi connectivity index (χ4n) is 17.4. The number of benzene rings is 15. The summed E-state index contributed by atoms with van der Waals surface area (Å²) in [7, 11) is 0. The van der Waals surface area contributed by atoms with Crippen molar-refractivity contribution in [2.75, 3.05) is 9.80 Å². The number of aromatic nitrogens is 2. The normalized spacial score (nSPS) is 14.1. The highest BCUT2D eigenvalue weighted by Crippen LogP contribution is 2.56. The zero-order chi connectivity index (χ0) is 79.3. The maximum absolute atomic E-state index is 9.87. The smallest absolute Gasteiger partial charge is 0.252 e. The Bertz CT molecular complexity index is 7080. The Hall–Kier alpha value is -12.4. The first kappa shape index (κ1) is 56.0. The molecule has 15 aromatic carbocycles. The van der Waals surface area contributed by atoms with Gasteiger partial charge in [-0.15, -0.1) is 0 Å². The van der Waals surface area contributed by atoms with E-state index in [1.807, 2.05) is 12.1 Å². The molecule has 0 radical (unpaired) electrons. The molecule has 20 rings (SSSR count). The van der Waals surface area contributed by atoms with Crippen LogP contribution in [0.5, 0.6) is 0 Å². The monoisotopic (exact) mass is 1380 g/mol. The van der Waals surface area contributed by atoms with Crippen LogP contribution in [-0.4, -0.2) is 15.7 Å². The van der Waals surface area contributed by atoms with E-state index >= 15 is 0 Å². The number of hydrogen-bond donors (Lipinski definition) is 0. The van der Waals surface area contributed by atoms with Crippen molar-refractivity contribution < 1.29 is 11.0 Å². The van der Waals surface area contributed by atoms with Gasteiger partial charge >= 0.3 is 0 Å². The first-order valence-corrected chi connectivity index (χ1v) is 37.3. The molecule has 107 heavy (non-hydrogen) atoms. The van der Waals surface area contributed by atoms with E-state index in [9.17, 15) is 8.22 Å². The highest BCUT2D eigenvalue weighted by molar-refractivity contribution is 7.00. The Morgan fingerprint density at radius 1 is 0.290 bits per heavy atom. The second-order valence-corrected chi connectivity index (χ2v) is 32.2. The number of rotatable bonds is 7. The number of hydrogen-bond acceptors (Lipinski definition) is 2. The molecule has 0 saturated carbocycles. The lowest BCUT2D eigenvalue weighted by Crippen LogP contribution is -2.61. The van der Waals surface area contributed by atoms with Gasteiger partial charge in [0.1, 0.15) is 0 Å². The van der Waals surface area contributed by atoms with Crippen molar-refractivity contribution in [1.29, 1.82) is 0 Å². The van der Waals surface area contributed by atoms with Gasteiger partial charge in [-0.1, -0.05) is 323 Å². The minimum absolute atomic E-state index is 0.0122. The summed E-state index contributed by atoms with van der Waals surface area (Å²) >= 11 is 0. The van der Waals surface area contributed by atoms with E-state index in [4.69, 9.17) is 2.74 Å². The molecule has 2 aliphatic rings. The molecule has 4 nitrogen and oxygen atoms in total. The molecule has 3 aromatic heterocycles. The van der Waals surface area contributed by atoms with Crippen molar-refractivity contribution in [3.63, 3.8) is 0 Å². The van der Waals surface area contributed by atoms with Crippen LogP contribution in [0.1, 0.15) is 90.0 Å². The minimum Gasteiger partial charge on any atom is -0.311 e. The number of para-hydroxylation sites is 4. The van der Waals surface area contributed by atoms with E-state index < -0.39 is 43.0 Å². The summed E-state index contributed by atoms with van der Waals surface area (Å²) in [4.78, 5) is 5.07. The summed E-state index contributed by atoms with van der Waals surface area (Å²) in [6.45, 7) is 20.2. The molecule has 0 saturated heterocycles. The van der Waals surface area contributed by atoms with E-state index in [-0.39, 0.29) is 50.1 Å². The first-order chi connectivity index (χ1) is 55.3. The molecule has 0 fully saturated rings. The van der Waals surface area contributed by atoms with E-state index in [0.29, 0.717) is 5.69 Å². The van der Waals surface area contributed by atoms with Crippen molar-refractivity contribution in [1.82, 2.24) is 8.97 Å². The summed E-state index contributed by atoms with van der Waals surface area (Å²) < 4.78 is 80.0. The van der Waals surface area contributed by atoms with E-state index in [1.54, 1.807) is 4.57 Å². The van der Waals surface area contributed by atoms with Crippen LogP contribution in [-0.2, 0) is 16.2 Å². The lowest BCUT2D eigenvalue weighted by molar-refractivity contribution is 0.569. The van der Waals surface area contributed by atoms with E-state index in [2.05, 4.69) is 343 Å². The van der Waals surface area contributed by atoms with E-state index in [0.717, 1.165) is 155 Å². The van der Waals surface area contributed by atoms with Gasteiger partial charge < -0.3 is 18.8 Å². The third-order valence-electron chi connectivity index (χ3n) is 22.7. The number of fused-ring (bicyclic) bond motifs is 18. The van der Waals surface area contributed by atoms with Gasteiger partial charge in [0.2, 0.25) is 0 Å². The SMILES string of the molecule is [2H]c1c([2H])c([2H])c2c(c1[2H])c1c([2H])c([2H])c([2H])c([2H])c1n2-c1ccc2c(c1)N(c1ccc(-c3ccccc3)cc1)c1cc3c(c4c1B2c1ccc(-c2cc(C(C)(C)C)cc(C(C)(C)C)c2)cc1N4c1c(-c2ccccc2)cc(C(C)(C)C)cc1-c1ccccc1)c1cccc2c4ccccc4c4ccccc4c4ccccc4n3c21. The maximum atomic E-state index is 9.87. The Balaban J connectivity index is 1.04. The lowest BCUT2D eigenvalue weighted by atomic mass is 9.33. The van der Waals surface area contributed by atoms with E-state index in [1.165, 1.54) is 16.7 Å². The number of nitrogens with zero attached hydrogens (tertiary/aromatic N) is 4. The van der Waals surface area contributed by atoms with Crippen LogP contribution in [0.4, 0.5) is 34.1 Å². The third kappa shape index (κ3) is 10.1. The largest absolute Gasteiger partial charge is 0.311 e. The topological polar surface area (TPSA) is 15.8 Å². The zero-order valence-electron chi connectivity index (χ0n) is 69.4. The Morgan fingerprint density at radius 2 is 0.738 bits per heavy atom. The van der Waals surface area contributed by atoms with Gasteiger partial charge in [-0.2, -0.15) is 0 Å². The molecule has 5 heterocycles. The molecule has 0 spiro atoms. The lowest BCUT2D eigenvalue weighted by Gasteiger charge is -2.45. The highest BCUT2D eigenvalue weighted by Gasteiger charge is 2.47. The van der Waals surface area contributed by atoms with Crippen molar-refractivity contribution in [3.8, 4) is 50.2 Å². The molecule has 0 aliphatic carbocycles. The summed E-state index contributed by atoms with van der Waals surface area (Å²) in [5, 5.41) is 8.72. The summed E-state index contributed by atoms with van der Waals surface area (Å²) in [5.74, 6) is 0. The van der Waals surface area contributed by atoms with Crippen LogP contribution in [0.25, 0.3) is 132 Å². The van der Waals surface area contributed by atoms with Crippen molar-refractivity contribution >= 4 is 139 Å². The van der Waals surface area contributed by atoms with Crippen LogP contribution in [0.15, 0.2) is 327 Å². The van der Waals surface area contributed by atoms with Gasteiger partial charge in [0.25, 0.3) is 6.71 Å². The molecule has 512 valence electrons. The molecule has 0 N–H and O–H groups in total. The third-order valence-corrected chi connectivity index (χ3v) is 22.7. The summed E-state index contributed by atoms with van der Waals surface area (Å²) in [5.41, 5.74) is 23.4. The van der Waals surface area contributed by atoms with Crippen LogP contribution in [0.2, 0.25) is 0 Å². The predicted octanol–water partition coefficient (Wildman–Crippen LogP) is 26.0. The average molecular weight is 1380 g/mol. The molecule has 2 aliphatic heterocycles. The molecule has 0 atom stereocenters. The second-order valence-electron chi connectivity index (χ2n) is 32.2. The van der Waals surface area contributed by atoms with Gasteiger partial charge in [-0.05, 0) is 171 Å². The molecule has 0 amide bonds. The zero-order valence-corrected chi connectivity index (χ0v) is 61.4. The van der Waals surface area contributed by atoms with Crippen LogP contribution in [0.3, 0.4) is 0 Å². The first-order valence-electron chi connectivity index (χ1n) is 41.3.